The van der Waals surface area contributed by atoms with Gasteiger partial charge in [-0.2, -0.15) is 4.98 Å². The summed E-state index contributed by atoms with van der Waals surface area (Å²) in [5, 5.41) is 6.81. The zero-order chi connectivity index (χ0) is 13.2. The summed E-state index contributed by atoms with van der Waals surface area (Å²) in [7, 11) is 0. The molecule has 1 aromatic carbocycles. The Balaban J connectivity index is 1.82. The molecule has 0 aliphatic heterocycles. The van der Waals surface area contributed by atoms with Gasteiger partial charge in [0.25, 0.3) is 0 Å². The third-order valence-corrected chi connectivity index (χ3v) is 3.09. The fourth-order valence-corrected chi connectivity index (χ4v) is 1.83. The Morgan fingerprint density at radius 2 is 2.32 bits per heavy atom. The van der Waals surface area contributed by atoms with Crippen molar-refractivity contribution in [1.29, 1.82) is 0 Å². The zero-order valence-electron chi connectivity index (χ0n) is 10.7. The number of carbonyl (C=O) groups excluding carboxylic acids is 1. The van der Waals surface area contributed by atoms with Gasteiger partial charge in [-0.05, 0) is 25.0 Å². The molecule has 1 aromatic heterocycles. The molecular weight excluding hydrogens is 242 g/mol. The lowest BCUT2D eigenvalue weighted by molar-refractivity contribution is -0.115. The second-order valence-corrected chi connectivity index (χ2v) is 4.71. The van der Waals surface area contributed by atoms with Crippen LogP contribution in [0.5, 0.6) is 0 Å². The third-order valence-electron chi connectivity index (χ3n) is 3.09. The summed E-state index contributed by atoms with van der Waals surface area (Å²) in [5.41, 5.74) is 1.60. The summed E-state index contributed by atoms with van der Waals surface area (Å²) in [6, 6.07) is 7.48. The average Bonchev–Trinajstić information content (AvgIpc) is 3.16. The molecule has 1 heterocycles. The molecule has 1 aliphatic carbocycles. The molecule has 2 aromatic rings. The van der Waals surface area contributed by atoms with Crippen molar-refractivity contribution in [2.75, 3.05) is 5.32 Å². The molecule has 5 nitrogen and oxygen atoms in total. The van der Waals surface area contributed by atoms with Crippen LogP contribution in [0.4, 0.5) is 5.69 Å². The molecular formula is C14H15N3O2. The molecule has 0 atom stereocenters. The number of anilines is 1. The molecule has 0 spiro atoms. The summed E-state index contributed by atoms with van der Waals surface area (Å²) < 4.78 is 5.24. The van der Waals surface area contributed by atoms with Crippen molar-refractivity contribution in [3.8, 4) is 11.4 Å². The quantitative estimate of drug-likeness (QED) is 0.914. The lowest BCUT2D eigenvalue weighted by Crippen LogP contribution is -2.09. The number of nitrogens with one attached hydrogen (secondary N) is 1. The van der Waals surface area contributed by atoms with E-state index in [9.17, 15) is 4.79 Å². The number of rotatable bonds is 4. The summed E-state index contributed by atoms with van der Waals surface area (Å²) in [4.78, 5) is 15.8. The van der Waals surface area contributed by atoms with E-state index in [1.54, 1.807) is 0 Å². The summed E-state index contributed by atoms with van der Waals surface area (Å²) in [5.74, 6) is 1.74. The normalized spacial score (nSPS) is 14.4. The molecule has 1 aliphatic rings. The van der Waals surface area contributed by atoms with Crippen molar-refractivity contribution >= 4 is 11.6 Å². The van der Waals surface area contributed by atoms with Crippen LogP contribution in [0.1, 0.15) is 38.0 Å². The maximum atomic E-state index is 11.4. The van der Waals surface area contributed by atoms with Crippen LogP contribution in [-0.4, -0.2) is 16.0 Å². The highest BCUT2D eigenvalue weighted by atomic mass is 16.5. The Labute approximate surface area is 111 Å². The first-order valence-corrected chi connectivity index (χ1v) is 6.50. The number of hydrogen-bond donors (Lipinski definition) is 1. The smallest absolute Gasteiger partial charge is 0.230 e. The van der Waals surface area contributed by atoms with Gasteiger partial charge in [0.15, 0.2) is 0 Å². The minimum absolute atomic E-state index is 0.0102. The van der Waals surface area contributed by atoms with E-state index in [2.05, 4.69) is 15.5 Å². The van der Waals surface area contributed by atoms with Gasteiger partial charge in [-0.15, -0.1) is 0 Å². The molecule has 1 saturated carbocycles. The van der Waals surface area contributed by atoms with Crippen molar-refractivity contribution < 1.29 is 9.32 Å². The highest BCUT2D eigenvalue weighted by molar-refractivity contribution is 5.91. The van der Waals surface area contributed by atoms with Gasteiger partial charge < -0.3 is 9.84 Å². The van der Waals surface area contributed by atoms with Crippen molar-refractivity contribution in [3.63, 3.8) is 0 Å². The molecule has 19 heavy (non-hydrogen) atoms. The maximum Gasteiger partial charge on any atom is 0.230 e. The first kappa shape index (κ1) is 11.9. The van der Waals surface area contributed by atoms with E-state index in [0.717, 1.165) is 30.0 Å². The third kappa shape index (κ3) is 2.65. The van der Waals surface area contributed by atoms with Crippen LogP contribution >= 0.6 is 0 Å². The van der Waals surface area contributed by atoms with Gasteiger partial charge >= 0.3 is 0 Å². The number of aromatic nitrogens is 2. The Bertz CT molecular complexity index is 602. The van der Waals surface area contributed by atoms with Crippen molar-refractivity contribution in [2.45, 2.75) is 32.1 Å². The van der Waals surface area contributed by atoms with Crippen LogP contribution in [-0.2, 0) is 4.79 Å². The molecule has 1 amide bonds. The van der Waals surface area contributed by atoms with Gasteiger partial charge in [-0.1, -0.05) is 24.2 Å². The van der Waals surface area contributed by atoms with E-state index in [4.69, 9.17) is 4.52 Å². The van der Waals surface area contributed by atoms with E-state index in [-0.39, 0.29) is 5.91 Å². The van der Waals surface area contributed by atoms with Gasteiger partial charge in [0.1, 0.15) is 0 Å². The lowest BCUT2D eigenvalue weighted by Gasteiger charge is -2.04. The van der Waals surface area contributed by atoms with Crippen LogP contribution in [0, 0.1) is 0 Å². The average molecular weight is 257 g/mol. The first-order valence-electron chi connectivity index (χ1n) is 6.50. The second kappa shape index (κ2) is 4.84. The molecule has 0 radical (unpaired) electrons. The van der Waals surface area contributed by atoms with Gasteiger partial charge in [0.05, 0.1) is 0 Å². The monoisotopic (exact) mass is 257 g/mol. The van der Waals surface area contributed by atoms with Crippen LogP contribution < -0.4 is 5.32 Å². The SMILES string of the molecule is CCC(=O)Nc1cccc(-c2noc(C3CC3)n2)c1. The standard InChI is InChI=1S/C14H15N3O2/c1-2-12(18)15-11-5-3-4-10(8-11)13-16-14(19-17-13)9-6-7-9/h3-5,8-9H,2,6-7H2,1H3,(H,15,18). The minimum Gasteiger partial charge on any atom is -0.339 e. The van der Waals surface area contributed by atoms with Crippen molar-refractivity contribution in [3.05, 3.63) is 30.2 Å². The molecule has 0 bridgehead atoms. The summed E-state index contributed by atoms with van der Waals surface area (Å²) in [6.07, 6.45) is 2.72. The number of nitrogens with zero attached hydrogens (tertiary/aromatic N) is 2. The Kier molecular flexibility index (Phi) is 3.03. The van der Waals surface area contributed by atoms with Crippen LogP contribution in [0.25, 0.3) is 11.4 Å². The molecule has 1 fully saturated rings. The highest BCUT2D eigenvalue weighted by Gasteiger charge is 2.29. The number of carbonyl (C=O) groups is 1. The van der Waals surface area contributed by atoms with E-state index < -0.39 is 0 Å². The van der Waals surface area contributed by atoms with Gasteiger partial charge in [-0.25, -0.2) is 0 Å². The second-order valence-electron chi connectivity index (χ2n) is 4.71. The fourth-order valence-electron chi connectivity index (χ4n) is 1.83. The van der Waals surface area contributed by atoms with E-state index in [1.165, 1.54) is 0 Å². The Hall–Kier alpha value is -2.17. The van der Waals surface area contributed by atoms with Crippen molar-refractivity contribution in [2.24, 2.45) is 0 Å². The van der Waals surface area contributed by atoms with E-state index >= 15 is 0 Å². The number of amides is 1. The predicted octanol–water partition coefficient (Wildman–Crippen LogP) is 2.96. The highest BCUT2D eigenvalue weighted by Crippen LogP contribution is 2.39. The topological polar surface area (TPSA) is 68.0 Å². The lowest BCUT2D eigenvalue weighted by atomic mass is 10.2. The van der Waals surface area contributed by atoms with Gasteiger partial charge in [0, 0.05) is 23.6 Å². The van der Waals surface area contributed by atoms with Gasteiger partial charge in [0.2, 0.25) is 17.6 Å². The Morgan fingerprint density at radius 1 is 1.47 bits per heavy atom. The zero-order valence-corrected chi connectivity index (χ0v) is 10.7. The number of benzene rings is 1. The van der Waals surface area contributed by atoms with Gasteiger partial charge in [-0.3, -0.25) is 4.79 Å². The summed E-state index contributed by atoms with van der Waals surface area (Å²) >= 11 is 0. The predicted molar refractivity (Wildman–Crippen MR) is 70.6 cm³/mol. The summed E-state index contributed by atoms with van der Waals surface area (Å²) in [6.45, 7) is 1.82. The largest absolute Gasteiger partial charge is 0.339 e. The molecule has 3 rings (SSSR count). The Morgan fingerprint density at radius 3 is 3.05 bits per heavy atom. The van der Waals surface area contributed by atoms with E-state index in [1.807, 2.05) is 31.2 Å². The van der Waals surface area contributed by atoms with Crippen LogP contribution in [0.3, 0.4) is 0 Å². The molecule has 5 heteroatoms. The number of hydrogen-bond acceptors (Lipinski definition) is 4. The maximum absolute atomic E-state index is 11.4. The van der Waals surface area contributed by atoms with Crippen LogP contribution in [0.2, 0.25) is 0 Å². The molecule has 1 N–H and O–H groups in total. The molecule has 0 saturated heterocycles. The molecule has 98 valence electrons. The first-order chi connectivity index (χ1) is 9.26. The van der Waals surface area contributed by atoms with Crippen LogP contribution in [0.15, 0.2) is 28.8 Å². The fraction of sp³-hybridized carbons (Fsp3) is 0.357. The van der Waals surface area contributed by atoms with E-state index in [0.29, 0.717) is 18.2 Å². The van der Waals surface area contributed by atoms with Crippen molar-refractivity contribution in [1.82, 2.24) is 10.1 Å². The minimum atomic E-state index is -0.0102. The molecule has 0 unspecified atom stereocenters.